The Morgan fingerprint density at radius 3 is 2.26 bits per heavy atom. The first kappa shape index (κ1) is 31.8. The van der Waals surface area contributed by atoms with Gasteiger partial charge in [-0.2, -0.15) is 9.97 Å². The summed E-state index contributed by atoms with van der Waals surface area (Å²) >= 11 is 6.17. The van der Waals surface area contributed by atoms with Gasteiger partial charge in [-0.05, 0) is 117 Å². The molecule has 0 bridgehead atoms. The van der Waals surface area contributed by atoms with Crippen molar-refractivity contribution >= 4 is 61.3 Å². The SMILES string of the molecule is C.CN1CCC(Oc2nc(N3CCC4(CC3)CN(C(=O)OC(C)(C)C)C4)c3cc(I)c(Br)c(OC4CCC4)c3n2)CC1. The first-order chi connectivity index (χ1) is 19.5. The van der Waals surface area contributed by atoms with Gasteiger partial charge in [0.15, 0.2) is 5.75 Å². The molecule has 0 atom stereocenters. The van der Waals surface area contributed by atoms with E-state index in [1.165, 1.54) is 6.42 Å². The summed E-state index contributed by atoms with van der Waals surface area (Å²) in [6.45, 7) is 11.0. The molecule has 1 spiro atoms. The second kappa shape index (κ2) is 12.4. The molecule has 1 saturated carbocycles. The average Bonchev–Trinajstić information content (AvgIpc) is 2.87. The molecule has 9 nitrogen and oxygen atoms in total. The number of hydrogen-bond donors (Lipinski definition) is 0. The molecule has 42 heavy (non-hydrogen) atoms. The fourth-order valence-electron chi connectivity index (χ4n) is 6.18. The molecule has 1 aliphatic carbocycles. The van der Waals surface area contributed by atoms with Crippen LogP contribution in [0.1, 0.15) is 73.1 Å². The second-order valence-corrected chi connectivity index (χ2v) is 15.3. The number of halogens is 2. The van der Waals surface area contributed by atoms with E-state index in [4.69, 9.17) is 24.2 Å². The molecular formula is C31H45BrIN5O4. The molecule has 11 heteroatoms. The van der Waals surface area contributed by atoms with Crippen molar-refractivity contribution in [1.82, 2.24) is 19.8 Å². The molecular weight excluding hydrogens is 713 g/mol. The molecule has 0 unspecified atom stereocenters. The summed E-state index contributed by atoms with van der Waals surface area (Å²) < 4.78 is 20.6. The molecule has 4 fully saturated rings. The minimum atomic E-state index is -0.474. The normalized spacial score (nSPS) is 21.5. The Bertz CT molecular complexity index is 1290. The van der Waals surface area contributed by atoms with Crippen molar-refractivity contribution < 1.29 is 19.0 Å². The molecule has 0 radical (unpaired) electrons. The standard InChI is InChI=1S/C30H41BrIN5O4.CH4/c1-29(2,3)41-28(38)37-17-30(18-37)10-14-36(15-11-30)26-21-16-22(32)23(31)25(39-19-6-5-7-19)24(21)33-27(34-26)40-20-8-12-35(4)13-9-20;/h16,19-20H,5-15,17-18H2,1-4H3;1H4. The van der Waals surface area contributed by atoms with Crippen LogP contribution in [0.15, 0.2) is 10.5 Å². The molecule has 2 aromatic rings. The van der Waals surface area contributed by atoms with Gasteiger partial charge in [0, 0.05) is 53.6 Å². The van der Waals surface area contributed by atoms with E-state index in [0.717, 1.165) is 108 Å². The van der Waals surface area contributed by atoms with Crippen LogP contribution in [0.3, 0.4) is 0 Å². The van der Waals surface area contributed by atoms with Crippen molar-refractivity contribution in [1.29, 1.82) is 0 Å². The lowest BCUT2D eigenvalue weighted by molar-refractivity contribution is -0.0434. The molecule has 3 aliphatic heterocycles. The van der Waals surface area contributed by atoms with Gasteiger partial charge in [0.1, 0.15) is 23.0 Å². The minimum absolute atomic E-state index is 0. The van der Waals surface area contributed by atoms with E-state index in [1.807, 2.05) is 25.7 Å². The van der Waals surface area contributed by atoms with Gasteiger partial charge in [-0.1, -0.05) is 7.43 Å². The Hall–Kier alpha value is -1.60. The maximum absolute atomic E-state index is 12.6. The highest BCUT2D eigenvalue weighted by Crippen LogP contribution is 2.45. The van der Waals surface area contributed by atoms with Gasteiger partial charge in [0.25, 0.3) is 0 Å². The van der Waals surface area contributed by atoms with Crippen LogP contribution in [-0.2, 0) is 4.74 Å². The van der Waals surface area contributed by atoms with Crippen molar-refractivity contribution in [3.8, 4) is 11.8 Å². The topological polar surface area (TPSA) is 80.3 Å². The van der Waals surface area contributed by atoms with Crippen LogP contribution < -0.4 is 14.4 Å². The number of rotatable bonds is 5. The number of hydrogen-bond acceptors (Lipinski definition) is 8. The van der Waals surface area contributed by atoms with E-state index in [0.29, 0.717) is 6.01 Å². The van der Waals surface area contributed by atoms with Gasteiger partial charge in [-0.15, -0.1) is 0 Å². The number of carbonyl (C=O) groups is 1. The Morgan fingerprint density at radius 1 is 1.02 bits per heavy atom. The summed E-state index contributed by atoms with van der Waals surface area (Å²) in [6, 6.07) is 2.61. The number of likely N-dealkylation sites (tertiary alicyclic amines) is 2. The predicted molar refractivity (Wildman–Crippen MR) is 178 cm³/mol. The fourth-order valence-corrected chi connectivity index (χ4v) is 7.13. The Balaban J connectivity index is 0.00000353. The van der Waals surface area contributed by atoms with Crippen molar-refractivity contribution in [2.45, 2.75) is 91.0 Å². The van der Waals surface area contributed by atoms with Crippen LogP contribution in [0, 0.1) is 8.99 Å². The number of amides is 1. The predicted octanol–water partition coefficient (Wildman–Crippen LogP) is 6.87. The highest BCUT2D eigenvalue weighted by Gasteiger charge is 2.48. The summed E-state index contributed by atoms with van der Waals surface area (Å²) in [4.78, 5) is 29.2. The summed E-state index contributed by atoms with van der Waals surface area (Å²) in [6.07, 6.45) is 7.42. The summed E-state index contributed by atoms with van der Waals surface area (Å²) in [5.74, 6) is 1.72. The van der Waals surface area contributed by atoms with Crippen molar-refractivity contribution in [3.05, 3.63) is 14.1 Å². The number of fused-ring (bicyclic) bond motifs is 1. The number of anilines is 1. The largest absolute Gasteiger partial charge is 0.487 e. The van der Waals surface area contributed by atoms with E-state index in [1.54, 1.807) is 0 Å². The Kier molecular flexibility index (Phi) is 9.41. The number of aromatic nitrogens is 2. The minimum Gasteiger partial charge on any atom is -0.487 e. The molecule has 1 aromatic carbocycles. The molecule has 4 aliphatic rings. The third-order valence-corrected chi connectivity index (χ3v) is 11.3. The Labute approximate surface area is 272 Å². The quantitative estimate of drug-likeness (QED) is 0.306. The lowest BCUT2D eigenvalue weighted by atomic mass is 9.72. The van der Waals surface area contributed by atoms with E-state index in [2.05, 4.69) is 61.4 Å². The highest BCUT2D eigenvalue weighted by atomic mass is 127. The van der Waals surface area contributed by atoms with Gasteiger partial charge in [-0.25, -0.2) is 4.79 Å². The van der Waals surface area contributed by atoms with Crippen molar-refractivity contribution in [2.75, 3.05) is 51.2 Å². The van der Waals surface area contributed by atoms with Gasteiger partial charge in [-0.3, -0.25) is 0 Å². The molecule has 6 rings (SSSR count). The van der Waals surface area contributed by atoms with E-state index >= 15 is 0 Å². The maximum atomic E-state index is 12.6. The van der Waals surface area contributed by atoms with Crippen LogP contribution in [0.5, 0.6) is 11.8 Å². The second-order valence-electron chi connectivity index (χ2n) is 13.3. The summed E-state index contributed by atoms with van der Waals surface area (Å²) in [7, 11) is 2.15. The first-order valence-corrected chi connectivity index (χ1v) is 16.8. The van der Waals surface area contributed by atoms with Crippen LogP contribution >= 0.6 is 38.5 Å². The number of piperidine rings is 2. The number of ether oxygens (including phenoxy) is 3. The van der Waals surface area contributed by atoms with Crippen molar-refractivity contribution in [2.24, 2.45) is 5.41 Å². The molecule has 0 N–H and O–H groups in total. The van der Waals surface area contributed by atoms with Crippen LogP contribution in [0.2, 0.25) is 0 Å². The molecule has 4 heterocycles. The smallest absolute Gasteiger partial charge is 0.410 e. The van der Waals surface area contributed by atoms with Gasteiger partial charge in [0.2, 0.25) is 0 Å². The van der Waals surface area contributed by atoms with Gasteiger partial charge < -0.3 is 28.9 Å². The zero-order valence-electron chi connectivity index (χ0n) is 24.5. The van der Waals surface area contributed by atoms with Crippen LogP contribution in [0.4, 0.5) is 10.6 Å². The lowest BCUT2D eigenvalue weighted by Gasteiger charge is -2.53. The van der Waals surface area contributed by atoms with Gasteiger partial charge >= 0.3 is 12.1 Å². The number of carbonyl (C=O) groups excluding carboxylic acids is 1. The molecule has 232 valence electrons. The molecule has 1 amide bonds. The maximum Gasteiger partial charge on any atom is 0.410 e. The molecule has 1 aromatic heterocycles. The van der Waals surface area contributed by atoms with Crippen LogP contribution in [-0.4, -0.2) is 90.0 Å². The van der Waals surface area contributed by atoms with E-state index in [-0.39, 0.29) is 31.1 Å². The molecule has 3 saturated heterocycles. The third kappa shape index (κ3) is 6.72. The number of benzene rings is 1. The van der Waals surface area contributed by atoms with Crippen LogP contribution in [0.25, 0.3) is 10.9 Å². The third-order valence-electron chi connectivity index (χ3n) is 8.90. The zero-order valence-corrected chi connectivity index (χ0v) is 28.3. The van der Waals surface area contributed by atoms with E-state index < -0.39 is 5.60 Å². The zero-order chi connectivity index (χ0) is 28.9. The summed E-state index contributed by atoms with van der Waals surface area (Å²) in [5.41, 5.74) is 0.495. The number of nitrogens with zero attached hydrogens (tertiary/aromatic N) is 5. The lowest BCUT2D eigenvalue weighted by Crippen LogP contribution is -2.62. The van der Waals surface area contributed by atoms with Crippen molar-refractivity contribution in [3.63, 3.8) is 0 Å². The highest BCUT2D eigenvalue weighted by molar-refractivity contribution is 14.1. The van der Waals surface area contributed by atoms with E-state index in [9.17, 15) is 4.79 Å². The van der Waals surface area contributed by atoms with Gasteiger partial charge in [0.05, 0.1) is 10.6 Å². The Morgan fingerprint density at radius 2 is 1.67 bits per heavy atom. The first-order valence-electron chi connectivity index (χ1n) is 14.9. The monoisotopic (exact) mass is 757 g/mol. The average molecular weight is 759 g/mol. The fraction of sp³-hybridized carbons (Fsp3) is 0.710. The summed E-state index contributed by atoms with van der Waals surface area (Å²) in [5, 5.41) is 1.00.